The third kappa shape index (κ3) is 4.37. The lowest BCUT2D eigenvalue weighted by atomic mass is 10.1. The molecule has 1 amide bonds. The molecular formula is C17H18N3O5+. The number of anilines is 1. The molecule has 1 N–H and O–H groups in total. The molecule has 130 valence electrons. The van der Waals surface area contributed by atoms with Gasteiger partial charge in [-0.2, -0.15) is 4.57 Å². The predicted octanol–water partition coefficient (Wildman–Crippen LogP) is 2.04. The van der Waals surface area contributed by atoms with Crippen molar-refractivity contribution in [3.63, 3.8) is 0 Å². The zero-order chi connectivity index (χ0) is 18.6. The van der Waals surface area contributed by atoms with Crippen molar-refractivity contribution < 1.29 is 23.8 Å². The van der Waals surface area contributed by atoms with Gasteiger partial charge < -0.3 is 10.1 Å². The van der Waals surface area contributed by atoms with Gasteiger partial charge in [-0.15, -0.1) is 0 Å². The summed E-state index contributed by atoms with van der Waals surface area (Å²) in [7, 11) is 1.33. The Morgan fingerprint density at radius 2 is 2.08 bits per heavy atom. The lowest BCUT2D eigenvalue weighted by molar-refractivity contribution is -0.684. The number of aryl methyl sites for hydroxylation is 1. The number of Topliss-reactive ketones (excluding diaryl/α,β-unsaturated/α-hetero) is 1. The quantitative estimate of drug-likeness (QED) is 0.374. The van der Waals surface area contributed by atoms with Gasteiger partial charge in [0.15, 0.2) is 23.9 Å². The van der Waals surface area contributed by atoms with Crippen molar-refractivity contribution in [1.29, 1.82) is 0 Å². The van der Waals surface area contributed by atoms with E-state index in [9.17, 15) is 19.7 Å². The Balaban J connectivity index is 2.19. The Morgan fingerprint density at radius 3 is 2.68 bits per heavy atom. The normalized spacial score (nSPS) is 10.2. The molecule has 0 radical (unpaired) electrons. The Morgan fingerprint density at radius 1 is 1.36 bits per heavy atom. The van der Waals surface area contributed by atoms with Crippen LogP contribution in [0.5, 0.6) is 5.75 Å². The van der Waals surface area contributed by atoms with E-state index in [-0.39, 0.29) is 29.7 Å². The highest BCUT2D eigenvalue weighted by Gasteiger charge is 2.19. The number of benzene rings is 1. The van der Waals surface area contributed by atoms with Crippen molar-refractivity contribution in [1.82, 2.24) is 0 Å². The molecule has 1 aromatic carbocycles. The van der Waals surface area contributed by atoms with Gasteiger partial charge in [0.25, 0.3) is 5.91 Å². The van der Waals surface area contributed by atoms with E-state index in [1.165, 1.54) is 26.2 Å². The molecule has 1 aromatic heterocycles. The molecule has 8 heteroatoms. The van der Waals surface area contributed by atoms with Gasteiger partial charge in [-0.05, 0) is 25.5 Å². The van der Waals surface area contributed by atoms with E-state index < -0.39 is 4.92 Å². The van der Waals surface area contributed by atoms with Gasteiger partial charge in [-0.1, -0.05) is 0 Å². The van der Waals surface area contributed by atoms with Gasteiger partial charge >= 0.3 is 5.69 Å². The van der Waals surface area contributed by atoms with Crippen molar-refractivity contribution in [2.24, 2.45) is 0 Å². The van der Waals surface area contributed by atoms with Crippen molar-refractivity contribution >= 4 is 23.1 Å². The predicted molar refractivity (Wildman–Crippen MR) is 89.7 cm³/mol. The summed E-state index contributed by atoms with van der Waals surface area (Å²) in [5.74, 6) is -0.354. The number of carbonyl (C=O) groups excluding carboxylic acids is 2. The van der Waals surface area contributed by atoms with E-state index >= 15 is 0 Å². The molecule has 25 heavy (non-hydrogen) atoms. The van der Waals surface area contributed by atoms with Crippen LogP contribution in [0.15, 0.2) is 36.7 Å². The maximum atomic E-state index is 12.2. The Labute approximate surface area is 144 Å². The molecule has 0 saturated carbocycles. The first-order valence-corrected chi connectivity index (χ1v) is 7.44. The fourth-order valence-electron chi connectivity index (χ4n) is 2.30. The van der Waals surface area contributed by atoms with Crippen molar-refractivity contribution in [3.05, 3.63) is 57.9 Å². The largest absolute Gasteiger partial charge is 0.490 e. The number of ether oxygens (including phenoxy) is 1. The molecule has 0 unspecified atom stereocenters. The highest BCUT2D eigenvalue weighted by Crippen LogP contribution is 2.32. The summed E-state index contributed by atoms with van der Waals surface area (Å²) >= 11 is 0. The van der Waals surface area contributed by atoms with Crippen molar-refractivity contribution in [3.8, 4) is 5.75 Å². The van der Waals surface area contributed by atoms with E-state index in [0.717, 1.165) is 0 Å². The van der Waals surface area contributed by atoms with Crippen LogP contribution < -0.4 is 14.6 Å². The summed E-state index contributed by atoms with van der Waals surface area (Å²) in [4.78, 5) is 34.1. The van der Waals surface area contributed by atoms with Gasteiger partial charge in [0.05, 0.1) is 17.6 Å². The van der Waals surface area contributed by atoms with Crippen LogP contribution >= 0.6 is 0 Å². The average Bonchev–Trinajstić information content (AvgIpc) is 2.56. The maximum absolute atomic E-state index is 12.2. The van der Waals surface area contributed by atoms with E-state index in [4.69, 9.17) is 4.74 Å². The second kappa shape index (κ2) is 7.52. The van der Waals surface area contributed by atoms with Gasteiger partial charge in [0.1, 0.15) is 0 Å². The van der Waals surface area contributed by atoms with E-state index in [1.54, 1.807) is 36.0 Å². The van der Waals surface area contributed by atoms with Crippen LogP contribution in [-0.2, 0) is 11.3 Å². The average molecular weight is 344 g/mol. The minimum Gasteiger partial charge on any atom is -0.490 e. The molecule has 1 heterocycles. The number of nitro groups is 1. The lowest BCUT2D eigenvalue weighted by Crippen LogP contribution is -2.40. The number of nitrogens with zero attached hydrogens (tertiary/aromatic N) is 2. The number of amides is 1. The van der Waals surface area contributed by atoms with E-state index in [1.807, 2.05) is 0 Å². The third-order valence-electron chi connectivity index (χ3n) is 3.59. The summed E-state index contributed by atoms with van der Waals surface area (Å²) in [5.41, 5.74) is 1.31. The number of pyridine rings is 1. The number of ketones is 1. The molecule has 2 aromatic rings. The standard InChI is InChI=1S/C17H17N3O5/c1-11-7-15(20(23)24)16(25-3)8-14(11)18-17(22)10-19-6-4-5-13(9-19)12(2)21/h4-9H,10H2,1-3H3/p+1. The lowest BCUT2D eigenvalue weighted by Gasteiger charge is -2.10. The first kappa shape index (κ1) is 18.1. The summed E-state index contributed by atoms with van der Waals surface area (Å²) in [6.45, 7) is 3.11. The molecule has 0 fully saturated rings. The monoisotopic (exact) mass is 344 g/mol. The number of hydrogen-bond acceptors (Lipinski definition) is 5. The van der Waals surface area contributed by atoms with Gasteiger partial charge in [0, 0.05) is 23.9 Å². The smallest absolute Gasteiger partial charge is 0.311 e. The number of methoxy groups -OCH3 is 1. The molecular weight excluding hydrogens is 326 g/mol. The molecule has 0 bridgehead atoms. The van der Waals surface area contributed by atoms with Crippen LogP contribution in [0.4, 0.5) is 11.4 Å². The van der Waals surface area contributed by atoms with E-state index in [2.05, 4.69) is 5.32 Å². The minimum absolute atomic E-state index is 0.000136. The van der Waals surface area contributed by atoms with Crippen LogP contribution in [0.3, 0.4) is 0 Å². The van der Waals surface area contributed by atoms with Crippen molar-refractivity contribution in [2.75, 3.05) is 12.4 Å². The molecule has 0 spiro atoms. The Bertz CT molecular complexity index is 848. The number of hydrogen-bond donors (Lipinski definition) is 1. The Hall–Kier alpha value is -3.29. The minimum atomic E-state index is -0.541. The molecule has 2 rings (SSSR count). The zero-order valence-electron chi connectivity index (χ0n) is 14.1. The second-order valence-corrected chi connectivity index (χ2v) is 5.47. The van der Waals surface area contributed by atoms with Gasteiger partial charge in [-0.25, -0.2) is 0 Å². The number of nitrogens with one attached hydrogen (secondary N) is 1. The first-order valence-electron chi connectivity index (χ1n) is 7.44. The SMILES string of the molecule is COc1cc(NC(=O)C[n+]2cccc(C(C)=O)c2)c(C)cc1[N+](=O)[O-]. The fourth-order valence-corrected chi connectivity index (χ4v) is 2.30. The second-order valence-electron chi connectivity index (χ2n) is 5.47. The summed E-state index contributed by atoms with van der Waals surface area (Å²) in [5, 5.41) is 13.7. The van der Waals surface area contributed by atoms with Gasteiger partial charge in [0.2, 0.25) is 6.54 Å². The summed E-state index contributed by atoms with van der Waals surface area (Å²) in [6, 6.07) is 6.12. The molecule has 0 atom stereocenters. The fraction of sp³-hybridized carbons (Fsp3) is 0.235. The van der Waals surface area contributed by atoms with Crippen LogP contribution in [0.1, 0.15) is 22.8 Å². The highest BCUT2D eigenvalue weighted by atomic mass is 16.6. The zero-order valence-corrected chi connectivity index (χ0v) is 14.1. The highest BCUT2D eigenvalue weighted by molar-refractivity contribution is 5.93. The van der Waals surface area contributed by atoms with Crippen LogP contribution in [0.2, 0.25) is 0 Å². The van der Waals surface area contributed by atoms with Crippen LogP contribution in [0, 0.1) is 17.0 Å². The molecule has 8 nitrogen and oxygen atoms in total. The molecule has 0 aliphatic rings. The van der Waals surface area contributed by atoms with Crippen molar-refractivity contribution in [2.45, 2.75) is 20.4 Å². The third-order valence-corrected chi connectivity index (χ3v) is 3.59. The topological polar surface area (TPSA) is 102 Å². The number of carbonyl (C=O) groups is 2. The molecule has 0 aliphatic carbocycles. The summed E-state index contributed by atoms with van der Waals surface area (Å²) in [6.07, 6.45) is 3.26. The van der Waals surface area contributed by atoms with Crippen LogP contribution in [-0.4, -0.2) is 23.7 Å². The maximum Gasteiger partial charge on any atom is 0.311 e. The Kier molecular flexibility index (Phi) is 5.43. The molecule has 0 saturated heterocycles. The first-order chi connectivity index (χ1) is 11.8. The number of rotatable bonds is 6. The van der Waals surface area contributed by atoms with Gasteiger partial charge in [-0.3, -0.25) is 19.7 Å². The van der Waals surface area contributed by atoms with E-state index in [0.29, 0.717) is 16.8 Å². The number of aromatic nitrogens is 1. The summed E-state index contributed by atoms with van der Waals surface area (Å²) < 4.78 is 6.60. The van der Waals surface area contributed by atoms with Crippen LogP contribution in [0.25, 0.3) is 0 Å². The molecule has 0 aliphatic heterocycles. The number of nitro benzene ring substituents is 1.